The van der Waals surface area contributed by atoms with Crippen LogP contribution >= 0.6 is 45.2 Å². The molecule has 0 unspecified atom stereocenters. The summed E-state index contributed by atoms with van der Waals surface area (Å²) in [5.41, 5.74) is 2.48. The molecule has 1 N–H and O–H groups in total. The van der Waals surface area contributed by atoms with E-state index in [4.69, 9.17) is 0 Å². The average molecular weight is 568 g/mol. The molecule has 2 amide bonds. The van der Waals surface area contributed by atoms with Crippen molar-refractivity contribution in [3.63, 3.8) is 0 Å². The van der Waals surface area contributed by atoms with Crippen LogP contribution in [0.15, 0.2) is 72.8 Å². The Morgan fingerprint density at radius 1 is 0.846 bits per heavy atom. The van der Waals surface area contributed by atoms with Crippen LogP contribution in [0, 0.1) is 7.14 Å². The van der Waals surface area contributed by atoms with Crippen molar-refractivity contribution in [1.82, 2.24) is 0 Å². The molecular weight excluding hydrogens is 554 g/mol. The molecule has 0 aromatic heterocycles. The molecule has 0 aliphatic carbocycles. The standard InChI is InChI=1S/C20H14I2N2O2/c21-15-7-5-14(6-8-15)20(26)23-18-3-1-2-4-19(18)24(13-25)17-11-9-16(22)10-12-17/h1-13H,(H,23,26). The summed E-state index contributed by atoms with van der Waals surface area (Å²) in [4.78, 5) is 25.8. The van der Waals surface area contributed by atoms with Crippen LogP contribution in [0.25, 0.3) is 0 Å². The van der Waals surface area contributed by atoms with Crippen LogP contribution in [0.1, 0.15) is 10.4 Å². The van der Waals surface area contributed by atoms with Crippen molar-refractivity contribution in [2.45, 2.75) is 0 Å². The topological polar surface area (TPSA) is 49.4 Å². The summed E-state index contributed by atoms with van der Waals surface area (Å²) in [7, 11) is 0. The van der Waals surface area contributed by atoms with Crippen molar-refractivity contribution in [1.29, 1.82) is 0 Å². The third-order valence-corrected chi connectivity index (χ3v) is 5.17. The van der Waals surface area contributed by atoms with E-state index in [1.54, 1.807) is 24.3 Å². The molecule has 0 aliphatic rings. The molecule has 0 saturated carbocycles. The fraction of sp³-hybridized carbons (Fsp3) is 0. The van der Waals surface area contributed by atoms with Gasteiger partial charge in [0.15, 0.2) is 0 Å². The number of para-hydroxylation sites is 2. The van der Waals surface area contributed by atoms with Crippen LogP contribution in [-0.2, 0) is 4.79 Å². The third-order valence-electron chi connectivity index (χ3n) is 3.73. The molecule has 0 bridgehead atoms. The van der Waals surface area contributed by atoms with Gasteiger partial charge in [0.25, 0.3) is 5.91 Å². The van der Waals surface area contributed by atoms with Crippen LogP contribution in [0.3, 0.4) is 0 Å². The normalized spacial score (nSPS) is 10.2. The number of nitrogens with one attached hydrogen (secondary N) is 1. The molecule has 3 aromatic carbocycles. The van der Waals surface area contributed by atoms with E-state index in [2.05, 4.69) is 50.5 Å². The van der Waals surface area contributed by atoms with Crippen LogP contribution in [-0.4, -0.2) is 12.3 Å². The lowest BCUT2D eigenvalue weighted by Crippen LogP contribution is -2.18. The highest BCUT2D eigenvalue weighted by Crippen LogP contribution is 2.31. The minimum atomic E-state index is -0.220. The minimum Gasteiger partial charge on any atom is -0.320 e. The number of rotatable bonds is 5. The fourth-order valence-corrected chi connectivity index (χ4v) is 3.16. The van der Waals surface area contributed by atoms with Gasteiger partial charge < -0.3 is 5.32 Å². The van der Waals surface area contributed by atoms with Crippen LogP contribution in [0.2, 0.25) is 0 Å². The molecule has 0 spiro atoms. The van der Waals surface area contributed by atoms with E-state index in [0.29, 0.717) is 16.9 Å². The Morgan fingerprint density at radius 3 is 2.04 bits per heavy atom. The van der Waals surface area contributed by atoms with Crippen molar-refractivity contribution < 1.29 is 9.59 Å². The first-order valence-corrected chi connectivity index (χ1v) is 9.90. The average Bonchev–Trinajstić information content (AvgIpc) is 2.65. The van der Waals surface area contributed by atoms with Crippen LogP contribution in [0.5, 0.6) is 0 Å². The monoisotopic (exact) mass is 568 g/mol. The summed E-state index contributed by atoms with van der Waals surface area (Å²) < 4.78 is 2.14. The molecule has 4 nitrogen and oxygen atoms in total. The van der Waals surface area contributed by atoms with Gasteiger partial charge in [-0.05, 0) is 106 Å². The Morgan fingerprint density at radius 2 is 1.42 bits per heavy atom. The quantitative estimate of drug-likeness (QED) is 0.330. The smallest absolute Gasteiger partial charge is 0.255 e. The lowest BCUT2D eigenvalue weighted by atomic mass is 10.2. The van der Waals surface area contributed by atoms with Gasteiger partial charge >= 0.3 is 0 Å². The molecule has 0 aliphatic heterocycles. The second kappa shape index (κ2) is 8.63. The van der Waals surface area contributed by atoms with Gasteiger partial charge in [-0.25, -0.2) is 0 Å². The minimum absolute atomic E-state index is 0.220. The number of carbonyl (C=O) groups excluding carboxylic acids is 2. The number of anilines is 3. The second-order valence-electron chi connectivity index (χ2n) is 5.43. The van der Waals surface area contributed by atoms with Crippen LogP contribution < -0.4 is 10.2 Å². The molecule has 0 atom stereocenters. The highest BCUT2D eigenvalue weighted by atomic mass is 127. The first kappa shape index (κ1) is 18.8. The van der Waals surface area contributed by atoms with Gasteiger partial charge in [0.05, 0.1) is 11.4 Å². The van der Waals surface area contributed by atoms with Gasteiger partial charge in [-0.3, -0.25) is 14.5 Å². The highest BCUT2D eigenvalue weighted by molar-refractivity contribution is 14.1. The van der Waals surface area contributed by atoms with E-state index < -0.39 is 0 Å². The van der Waals surface area contributed by atoms with Crippen molar-refractivity contribution >= 4 is 74.6 Å². The van der Waals surface area contributed by atoms with Crippen molar-refractivity contribution in [2.24, 2.45) is 0 Å². The molecule has 130 valence electrons. The molecule has 0 heterocycles. The highest BCUT2D eigenvalue weighted by Gasteiger charge is 2.15. The number of hydrogen-bond donors (Lipinski definition) is 1. The summed E-state index contributed by atoms with van der Waals surface area (Å²) in [5.74, 6) is -0.220. The molecule has 26 heavy (non-hydrogen) atoms. The van der Waals surface area contributed by atoms with Gasteiger partial charge in [0, 0.05) is 18.4 Å². The maximum atomic E-state index is 12.5. The molecule has 6 heteroatoms. The van der Waals surface area contributed by atoms with E-state index in [-0.39, 0.29) is 5.91 Å². The van der Waals surface area contributed by atoms with Crippen LogP contribution in [0.4, 0.5) is 17.1 Å². The second-order valence-corrected chi connectivity index (χ2v) is 7.92. The maximum Gasteiger partial charge on any atom is 0.255 e. The lowest BCUT2D eigenvalue weighted by Gasteiger charge is -2.21. The summed E-state index contributed by atoms with van der Waals surface area (Å²) in [6, 6.07) is 22.1. The molecule has 3 aromatic rings. The zero-order valence-electron chi connectivity index (χ0n) is 13.5. The lowest BCUT2D eigenvalue weighted by molar-refractivity contribution is -0.106. The van der Waals surface area contributed by atoms with E-state index >= 15 is 0 Å². The summed E-state index contributed by atoms with van der Waals surface area (Å²) >= 11 is 4.41. The predicted molar refractivity (Wildman–Crippen MR) is 121 cm³/mol. The molecule has 3 rings (SSSR count). The zero-order valence-corrected chi connectivity index (χ0v) is 17.8. The van der Waals surface area contributed by atoms with Crippen molar-refractivity contribution in [3.05, 3.63) is 85.5 Å². The largest absolute Gasteiger partial charge is 0.320 e. The van der Waals surface area contributed by atoms with Gasteiger partial charge in [-0.15, -0.1) is 0 Å². The van der Waals surface area contributed by atoms with Gasteiger partial charge in [-0.1, -0.05) is 12.1 Å². The number of hydrogen-bond acceptors (Lipinski definition) is 2. The number of carbonyl (C=O) groups is 2. The summed E-state index contributed by atoms with van der Waals surface area (Å²) in [6.07, 6.45) is 0.748. The van der Waals surface area contributed by atoms with Gasteiger partial charge in [-0.2, -0.15) is 0 Å². The van der Waals surface area contributed by atoms with E-state index in [1.807, 2.05) is 48.5 Å². The van der Waals surface area contributed by atoms with E-state index in [0.717, 1.165) is 19.2 Å². The molecule has 0 fully saturated rings. The Hall–Kier alpha value is -1.94. The predicted octanol–water partition coefficient (Wildman–Crippen LogP) is 5.44. The number of halogens is 2. The SMILES string of the molecule is O=CN(c1ccc(I)cc1)c1ccccc1NC(=O)c1ccc(I)cc1. The molecule has 0 saturated heterocycles. The zero-order chi connectivity index (χ0) is 18.5. The maximum absolute atomic E-state index is 12.5. The van der Waals surface area contributed by atoms with E-state index in [1.165, 1.54) is 4.90 Å². The third kappa shape index (κ3) is 4.42. The number of nitrogens with zero attached hydrogens (tertiary/aromatic N) is 1. The Kier molecular flexibility index (Phi) is 6.25. The summed E-state index contributed by atoms with van der Waals surface area (Å²) in [5, 5.41) is 2.90. The Bertz CT molecular complexity index is 925. The van der Waals surface area contributed by atoms with Gasteiger partial charge in [0.2, 0.25) is 6.41 Å². The number of benzene rings is 3. The first-order chi connectivity index (χ1) is 12.6. The summed E-state index contributed by atoms with van der Waals surface area (Å²) in [6.45, 7) is 0. The van der Waals surface area contributed by atoms with Gasteiger partial charge in [0.1, 0.15) is 0 Å². The number of amides is 2. The Labute approximate surface area is 178 Å². The molecule has 0 radical (unpaired) electrons. The Balaban J connectivity index is 1.92. The fourth-order valence-electron chi connectivity index (χ4n) is 2.44. The molecular formula is C20H14I2N2O2. The van der Waals surface area contributed by atoms with Crippen molar-refractivity contribution in [2.75, 3.05) is 10.2 Å². The first-order valence-electron chi connectivity index (χ1n) is 7.74. The van der Waals surface area contributed by atoms with Crippen molar-refractivity contribution in [3.8, 4) is 0 Å². The van der Waals surface area contributed by atoms with E-state index in [9.17, 15) is 9.59 Å².